The molecule has 0 unspecified atom stereocenters. The molecule has 0 amide bonds. The maximum absolute atomic E-state index is 13.6. The van der Waals surface area contributed by atoms with Crippen molar-refractivity contribution in [2.75, 3.05) is 12.9 Å². The van der Waals surface area contributed by atoms with Crippen LogP contribution >= 0.6 is 0 Å². The number of carbonyl (C=O) groups is 2. The van der Waals surface area contributed by atoms with Crippen molar-refractivity contribution in [3.05, 3.63) is 23.5 Å². The predicted molar refractivity (Wildman–Crippen MR) is 62.1 cm³/mol. The van der Waals surface area contributed by atoms with E-state index in [1.54, 1.807) is 0 Å². The molecule has 0 radical (unpaired) electrons. The Labute approximate surface area is 108 Å². The molecule has 6 nitrogen and oxygen atoms in total. The highest BCUT2D eigenvalue weighted by atomic mass is 32.2. The van der Waals surface area contributed by atoms with Crippen molar-refractivity contribution in [3.63, 3.8) is 0 Å². The van der Waals surface area contributed by atoms with Gasteiger partial charge in [0, 0.05) is 6.26 Å². The number of hydrogen-bond donors (Lipinski definition) is 1. The Morgan fingerprint density at radius 3 is 2.42 bits per heavy atom. The highest BCUT2D eigenvalue weighted by Gasteiger charge is 2.26. The summed E-state index contributed by atoms with van der Waals surface area (Å²) in [5.74, 6) is -5.18. The van der Waals surface area contributed by atoms with Gasteiger partial charge in [0.2, 0.25) is 0 Å². The molecule has 0 aromatic heterocycles. The molecule has 0 spiro atoms. The van der Waals surface area contributed by atoms with Gasteiger partial charge in [0.05, 0.1) is 12.2 Å². The quantitative estimate of drug-likeness (QED) is 0.497. The first-order valence-electron chi connectivity index (χ1n) is 5.13. The van der Waals surface area contributed by atoms with Gasteiger partial charge in [-0.25, -0.2) is 17.6 Å². The molecule has 0 atom stereocenters. The standard InChI is InChI=1S/C11H11FO6S/c1-3-18-11(15)10(14)6-4-5-7(19(2,16)17)8(12)9(6)13/h4-5,13H,3H2,1-2H3. The van der Waals surface area contributed by atoms with Crippen LogP contribution in [0.4, 0.5) is 4.39 Å². The molecule has 0 bridgehead atoms. The molecular weight excluding hydrogens is 279 g/mol. The first kappa shape index (κ1) is 15.1. The van der Waals surface area contributed by atoms with Gasteiger partial charge in [-0.1, -0.05) is 0 Å². The molecule has 0 saturated heterocycles. The SMILES string of the molecule is CCOC(=O)C(=O)c1ccc(S(C)(=O)=O)c(F)c1O. The summed E-state index contributed by atoms with van der Waals surface area (Å²) in [6.07, 6.45) is 0.748. The second-order valence-electron chi connectivity index (χ2n) is 3.60. The highest BCUT2D eigenvalue weighted by molar-refractivity contribution is 7.90. The van der Waals surface area contributed by atoms with Gasteiger partial charge in [0.25, 0.3) is 5.78 Å². The van der Waals surface area contributed by atoms with Gasteiger partial charge in [-0.3, -0.25) is 4.79 Å². The van der Waals surface area contributed by atoms with Gasteiger partial charge in [0.15, 0.2) is 21.4 Å². The zero-order valence-electron chi connectivity index (χ0n) is 10.1. The first-order chi connectivity index (χ1) is 8.70. The van der Waals surface area contributed by atoms with Gasteiger partial charge in [-0.15, -0.1) is 0 Å². The molecule has 1 N–H and O–H groups in total. The number of ether oxygens (including phenoxy) is 1. The van der Waals surface area contributed by atoms with Crippen LogP contribution in [0.1, 0.15) is 17.3 Å². The molecular formula is C11H11FO6S. The molecule has 104 valence electrons. The first-order valence-corrected chi connectivity index (χ1v) is 7.02. The number of benzene rings is 1. The summed E-state index contributed by atoms with van der Waals surface area (Å²) in [5.41, 5.74) is -0.650. The van der Waals surface area contributed by atoms with Crippen LogP contribution in [0, 0.1) is 5.82 Å². The summed E-state index contributed by atoms with van der Waals surface area (Å²) in [4.78, 5) is 21.9. The van der Waals surface area contributed by atoms with Gasteiger partial charge in [-0.05, 0) is 19.1 Å². The largest absolute Gasteiger partial charge is 0.504 e. The summed E-state index contributed by atoms with van der Waals surface area (Å²) in [6, 6.07) is 1.66. The fourth-order valence-electron chi connectivity index (χ4n) is 1.32. The van der Waals surface area contributed by atoms with Gasteiger partial charge >= 0.3 is 5.97 Å². The Morgan fingerprint density at radius 1 is 1.37 bits per heavy atom. The van der Waals surface area contributed by atoms with Crippen LogP contribution in [0.3, 0.4) is 0 Å². The van der Waals surface area contributed by atoms with E-state index < -0.39 is 43.6 Å². The molecule has 8 heteroatoms. The van der Waals surface area contributed by atoms with E-state index in [2.05, 4.69) is 4.74 Å². The molecule has 1 aromatic carbocycles. The van der Waals surface area contributed by atoms with E-state index in [1.165, 1.54) is 6.92 Å². The Morgan fingerprint density at radius 2 is 1.95 bits per heavy atom. The lowest BCUT2D eigenvalue weighted by Gasteiger charge is -2.07. The van der Waals surface area contributed by atoms with Crippen LogP contribution in [0.5, 0.6) is 5.75 Å². The molecule has 1 aromatic rings. The number of hydrogen-bond acceptors (Lipinski definition) is 6. The average molecular weight is 290 g/mol. The molecule has 0 fully saturated rings. The fraction of sp³-hybridized carbons (Fsp3) is 0.273. The van der Waals surface area contributed by atoms with Crippen LogP contribution in [-0.2, 0) is 19.4 Å². The lowest BCUT2D eigenvalue weighted by molar-refractivity contribution is -0.137. The van der Waals surface area contributed by atoms with Gasteiger partial charge < -0.3 is 9.84 Å². The van der Waals surface area contributed by atoms with Crippen molar-refractivity contribution in [3.8, 4) is 5.75 Å². The Balaban J connectivity index is 3.32. The summed E-state index contributed by atoms with van der Waals surface area (Å²) < 4.78 is 40.4. The van der Waals surface area contributed by atoms with E-state index >= 15 is 0 Å². The van der Waals surface area contributed by atoms with Gasteiger partial charge in [-0.2, -0.15) is 0 Å². The predicted octanol–water partition coefficient (Wildman–Crippen LogP) is 0.681. The Kier molecular flexibility index (Phi) is 4.25. The Hall–Kier alpha value is -1.96. The normalized spacial score (nSPS) is 11.1. The molecule has 0 aliphatic rings. The summed E-state index contributed by atoms with van der Waals surface area (Å²) in [7, 11) is -3.89. The van der Waals surface area contributed by atoms with E-state index in [0.29, 0.717) is 0 Å². The second kappa shape index (κ2) is 5.35. The second-order valence-corrected chi connectivity index (χ2v) is 5.58. The molecule has 0 heterocycles. The number of phenolic OH excluding ortho intramolecular Hbond substituents is 1. The van der Waals surface area contributed by atoms with E-state index in [9.17, 15) is 27.5 Å². The van der Waals surface area contributed by atoms with Crippen LogP contribution in [0.2, 0.25) is 0 Å². The topological polar surface area (TPSA) is 97.7 Å². The number of esters is 1. The van der Waals surface area contributed by atoms with Crippen LogP contribution < -0.4 is 0 Å². The Bertz CT molecular complexity index is 635. The molecule has 0 aliphatic heterocycles. The number of sulfone groups is 1. The van der Waals surface area contributed by atoms with E-state index in [4.69, 9.17) is 0 Å². The molecule has 1 rings (SSSR count). The summed E-state index contributed by atoms with van der Waals surface area (Å²) >= 11 is 0. The number of rotatable bonds is 4. The van der Waals surface area contributed by atoms with E-state index in [1.807, 2.05) is 0 Å². The maximum Gasteiger partial charge on any atom is 0.379 e. The van der Waals surface area contributed by atoms with Gasteiger partial charge in [0.1, 0.15) is 4.90 Å². The van der Waals surface area contributed by atoms with Crippen LogP contribution in [0.15, 0.2) is 17.0 Å². The minimum atomic E-state index is -3.89. The summed E-state index contributed by atoms with van der Waals surface area (Å²) in [5, 5.41) is 9.46. The third-order valence-electron chi connectivity index (χ3n) is 2.19. The fourth-order valence-corrected chi connectivity index (χ4v) is 2.06. The minimum Gasteiger partial charge on any atom is -0.504 e. The minimum absolute atomic E-state index is 0.0603. The zero-order chi connectivity index (χ0) is 14.8. The van der Waals surface area contributed by atoms with Crippen molar-refractivity contribution in [1.82, 2.24) is 0 Å². The average Bonchev–Trinajstić information content (AvgIpc) is 2.30. The lowest BCUT2D eigenvalue weighted by Crippen LogP contribution is -2.18. The van der Waals surface area contributed by atoms with Crippen molar-refractivity contribution in [1.29, 1.82) is 0 Å². The number of halogens is 1. The van der Waals surface area contributed by atoms with Crippen LogP contribution in [0.25, 0.3) is 0 Å². The highest BCUT2D eigenvalue weighted by Crippen LogP contribution is 2.27. The van der Waals surface area contributed by atoms with Crippen molar-refractivity contribution in [2.24, 2.45) is 0 Å². The van der Waals surface area contributed by atoms with Crippen molar-refractivity contribution >= 4 is 21.6 Å². The number of phenols is 1. The van der Waals surface area contributed by atoms with E-state index in [-0.39, 0.29) is 6.61 Å². The number of aromatic hydroxyl groups is 1. The van der Waals surface area contributed by atoms with Crippen LogP contribution in [-0.4, -0.2) is 38.1 Å². The smallest absolute Gasteiger partial charge is 0.379 e. The van der Waals surface area contributed by atoms with Crippen molar-refractivity contribution in [2.45, 2.75) is 11.8 Å². The lowest BCUT2D eigenvalue weighted by atomic mass is 10.1. The number of ketones is 1. The maximum atomic E-state index is 13.6. The zero-order valence-corrected chi connectivity index (χ0v) is 11.0. The monoisotopic (exact) mass is 290 g/mol. The van der Waals surface area contributed by atoms with Crippen molar-refractivity contribution < 1.29 is 32.2 Å². The van der Waals surface area contributed by atoms with E-state index in [0.717, 1.165) is 18.4 Å². The third kappa shape index (κ3) is 3.08. The molecule has 0 saturated carbocycles. The number of Topliss-reactive ketones (excluding diaryl/α,β-unsaturated/α-hetero) is 1. The number of carbonyl (C=O) groups excluding carboxylic acids is 2. The summed E-state index contributed by atoms with van der Waals surface area (Å²) in [6.45, 7) is 1.41. The third-order valence-corrected chi connectivity index (χ3v) is 3.30. The molecule has 0 aliphatic carbocycles. The molecule has 19 heavy (non-hydrogen) atoms.